The lowest BCUT2D eigenvalue weighted by molar-refractivity contribution is 0.141. The van der Waals surface area contributed by atoms with E-state index in [0.717, 1.165) is 45.9 Å². The number of anilines is 3. The highest BCUT2D eigenvalue weighted by Crippen LogP contribution is 2.34. The van der Waals surface area contributed by atoms with Crippen LogP contribution in [0.25, 0.3) is 21.1 Å². The van der Waals surface area contributed by atoms with Gasteiger partial charge in [-0.1, -0.05) is 6.42 Å². The van der Waals surface area contributed by atoms with Gasteiger partial charge in [0.2, 0.25) is 17.4 Å². The zero-order chi connectivity index (χ0) is 26.9. The van der Waals surface area contributed by atoms with Crippen molar-refractivity contribution in [3.8, 4) is 11.6 Å². The number of rotatable bonds is 6. The number of benzene rings is 2. The third-order valence-corrected chi connectivity index (χ3v) is 8.94. The van der Waals surface area contributed by atoms with E-state index in [-0.39, 0.29) is 5.56 Å². The van der Waals surface area contributed by atoms with Crippen LogP contribution < -0.4 is 20.5 Å². The summed E-state index contributed by atoms with van der Waals surface area (Å²) < 4.78 is 7.09. The molecule has 5 aromatic rings. The first kappa shape index (κ1) is 25.0. The number of pyridine rings is 1. The van der Waals surface area contributed by atoms with Crippen LogP contribution in [0.4, 0.5) is 17.3 Å². The fraction of sp³-hybridized carbons (Fsp3) is 0.323. The van der Waals surface area contributed by atoms with Crippen LogP contribution in [-0.2, 0) is 0 Å². The van der Waals surface area contributed by atoms with Crippen LogP contribution >= 0.6 is 11.3 Å². The van der Waals surface area contributed by atoms with Gasteiger partial charge in [0.1, 0.15) is 10.4 Å². The van der Waals surface area contributed by atoms with Gasteiger partial charge < -0.3 is 24.8 Å². The zero-order valence-electron chi connectivity index (χ0n) is 22.3. The normalized spacial score (nSPS) is 16.9. The second-order valence-corrected chi connectivity index (χ2v) is 11.6. The summed E-state index contributed by atoms with van der Waals surface area (Å²) in [6.45, 7) is 4.77. The van der Waals surface area contributed by atoms with E-state index < -0.39 is 0 Å². The lowest BCUT2D eigenvalue weighted by Gasteiger charge is -2.41. The van der Waals surface area contributed by atoms with E-state index in [1.165, 1.54) is 68.3 Å². The molecule has 2 aliphatic rings. The second kappa shape index (κ2) is 10.9. The number of thiophene rings is 1. The molecule has 2 aliphatic heterocycles. The Balaban J connectivity index is 1.05. The molecule has 0 spiro atoms. The summed E-state index contributed by atoms with van der Waals surface area (Å²) in [5.74, 6) is 1.56. The lowest BCUT2D eigenvalue weighted by atomic mass is 9.99. The van der Waals surface area contributed by atoms with Crippen molar-refractivity contribution in [2.45, 2.75) is 38.1 Å². The standard InChI is InChI=1S/C31H32N6O2S/c38-28-11-5-21-4-10-25(20-27(21)33-28)39-30-29-26(14-19-40-29)34-31(35-30)32-22-6-8-23(9-7-22)37-17-12-24(13-18-37)36-15-2-1-3-16-36/h4-11,14,19-20,24H,1-3,12-13,15-18H2,(H,33,38)(H,32,34,35). The molecule has 40 heavy (non-hydrogen) atoms. The van der Waals surface area contributed by atoms with Crippen molar-refractivity contribution in [3.05, 3.63) is 76.4 Å². The minimum absolute atomic E-state index is 0.147. The molecule has 3 aromatic heterocycles. The largest absolute Gasteiger partial charge is 0.437 e. The van der Waals surface area contributed by atoms with E-state index in [1.807, 2.05) is 29.6 Å². The first-order valence-corrected chi connectivity index (χ1v) is 15.0. The van der Waals surface area contributed by atoms with Crippen molar-refractivity contribution in [1.82, 2.24) is 19.9 Å². The van der Waals surface area contributed by atoms with Gasteiger partial charge in [-0.25, -0.2) is 4.98 Å². The van der Waals surface area contributed by atoms with Crippen LogP contribution in [0.5, 0.6) is 11.6 Å². The fourth-order valence-corrected chi connectivity index (χ4v) is 6.68. The van der Waals surface area contributed by atoms with Gasteiger partial charge in [-0.2, -0.15) is 4.98 Å². The predicted octanol–water partition coefficient (Wildman–Crippen LogP) is 6.52. The summed E-state index contributed by atoms with van der Waals surface area (Å²) in [6.07, 6.45) is 6.59. The molecule has 0 aliphatic carbocycles. The Kier molecular flexibility index (Phi) is 6.83. The first-order chi connectivity index (χ1) is 19.7. The van der Waals surface area contributed by atoms with Crippen molar-refractivity contribution in [2.24, 2.45) is 0 Å². The summed E-state index contributed by atoms with van der Waals surface area (Å²) in [4.78, 5) is 29.3. The molecule has 0 bridgehead atoms. The van der Waals surface area contributed by atoms with Gasteiger partial charge in [0, 0.05) is 42.6 Å². The van der Waals surface area contributed by atoms with Gasteiger partial charge in [0.05, 0.1) is 11.0 Å². The molecule has 2 aromatic carbocycles. The number of likely N-dealkylation sites (tertiary alicyclic amines) is 1. The Morgan fingerprint density at radius 2 is 1.70 bits per heavy atom. The third-order valence-electron chi connectivity index (χ3n) is 8.04. The van der Waals surface area contributed by atoms with E-state index in [1.54, 1.807) is 6.07 Å². The van der Waals surface area contributed by atoms with Crippen molar-refractivity contribution >= 4 is 49.8 Å². The molecule has 0 saturated carbocycles. The Morgan fingerprint density at radius 1 is 0.900 bits per heavy atom. The summed E-state index contributed by atoms with van der Waals surface area (Å²) in [5.41, 5.74) is 3.58. The molecule has 8 nitrogen and oxygen atoms in total. The van der Waals surface area contributed by atoms with Gasteiger partial charge in [-0.05, 0) is 98.1 Å². The number of hydrogen-bond donors (Lipinski definition) is 2. The molecule has 7 rings (SSSR count). The Bertz CT molecular complexity index is 1680. The molecule has 0 amide bonds. The monoisotopic (exact) mass is 552 g/mol. The van der Waals surface area contributed by atoms with Gasteiger partial charge in [-0.3, -0.25) is 4.79 Å². The zero-order valence-corrected chi connectivity index (χ0v) is 23.1. The number of nitrogens with one attached hydrogen (secondary N) is 2. The van der Waals surface area contributed by atoms with Gasteiger partial charge in [0.25, 0.3) is 0 Å². The van der Waals surface area contributed by atoms with Crippen LogP contribution in [0.3, 0.4) is 0 Å². The second-order valence-electron chi connectivity index (χ2n) is 10.6. The van der Waals surface area contributed by atoms with Crippen LogP contribution in [0.2, 0.25) is 0 Å². The number of aromatic amines is 1. The average molecular weight is 553 g/mol. The highest BCUT2D eigenvalue weighted by Gasteiger charge is 2.25. The number of aromatic nitrogens is 3. The number of H-pyrrole nitrogens is 1. The Hall–Kier alpha value is -3.95. The SMILES string of the molecule is O=c1ccc2ccc(Oc3nc(Nc4ccc(N5CCC(N6CCCCC6)CC5)cc4)nc4ccsc34)cc2[nH]1. The molecule has 5 heterocycles. The van der Waals surface area contributed by atoms with Crippen molar-refractivity contribution in [2.75, 3.05) is 36.4 Å². The Morgan fingerprint density at radius 3 is 2.52 bits per heavy atom. The van der Waals surface area contributed by atoms with E-state index in [2.05, 4.69) is 44.4 Å². The first-order valence-electron chi connectivity index (χ1n) is 14.1. The minimum atomic E-state index is -0.147. The molecule has 0 atom stereocenters. The molecule has 0 radical (unpaired) electrons. The molecular formula is C31H32N6O2S. The number of fused-ring (bicyclic) bond motifs is 2. The van der Waals surface area contributed by atoms with Gasteiger partial charge in [-0.15, -0.1) is 11.3 Å². The van der Waals surface area contributed by atoms with Crippen molar-refractivity contribution in [3.63, 3.8) is 0 Å². The minimum Gasteiger partial charge on any atom is -0.437 e. The molecule has 2 saturated heterocycles. The van der Waals surface area contributed by atoms with E-state index in [9.17, 15) is 4.79 Å². The molecule has 204 valence electrons. The molecular weight excluding hydrogens is 520 g/mol. The van der Waals surface area contributed by atoms with E-state index >= 15 is 0 Å². The Labute approximate surface area is 236 Å². The van der Waals surface area contributed by atoms with E-state index in [0.29, 0.717) is 17.6 Å². The highest BCUT2D eigenvalue weighted by atomic mass is 32.1. The number of hydrogen-bond acceptors (Lipinski definition) is 8. The van der Waals surface area contributed by atoms with Crippen molar-refractivity contribution in [1.29, 1.82) is 0 Å². The van der Waals surface area contributed by atoms with Gasteiger partial charge in [0.15, 0.2) is 0 Å². The number of nitrogens with zero attached hydrogens (tertiary/aromatic N) is 4. The van der Waals surface area contributed by atoms with Crippen LogP contribution in [0.1, 0.15) is 32.1 Å². The van der Waals surface area contributed by atoms with E-state index in [4.69, 9.17) is 14.7 Å². The average Bonchev–Trinajstić information content (AvgIpc) is 3.47. The molecule has 2 N–H and O–H groups in total. The number of piperidine rings is 2. The third kappa shape index (κ3) is 5.26. The maximum Gasteiger partial charge on any atom is 0.248 e. The van der Waals surface area contributed by atoms with Gasteiger partial charge >= 0.3 is 0 Å². The summed E-state index contributed by atoms with van der Waals surface area (Å²) >= 11 is 1.54. The smallest absolute Gasteiger partial charge is 0.248 e. The molecule has 9 heteroatoms. The highest BCUT2D eigenvalue weighted by molar-refractivity contribution is 7.17. The summed E-state index contributed by atoms with van der Waals surface area (Å²) in [7, 11) is 0. The topological polar surface area (TPSA) is 86.4 Å². The summed E-state index contributed by atoms with van der Waals surface area (Å²) in [6, 6.07) is 20.2. The molecule has 0 unspecified atom stereocenters. The van der Waals surface area contributed by atoms with Crippen LogP contribution in [0.15, 0.2) is 70.8 Å². The maximum atomic E-state index is 11.8. The number of ether oxygens (including phenoxy) is 1. The fourth-order valence-electron chi connectivity index (χ4n) is 5.92. The quantitative estimate of drug-likeness (QED) is 0.248. The maximum absolute atomic E-state index is 11.8. The van der Waals surface area contributed by atoms with Crippen molar-refractivity contribution < 1.29 is 4.74 Å². The van der Waals surface area contributed by atoms with Crippen LogP contribution in [-0.4, -0.2) is 52.1 Å². The lowest BCUT2D eigenvalue weighted by Crippen LogP contribution is -2.46. The molecule has 2 fully saturated rings. The summed E-state index contributed by atoms with van der Waals surface area (Å²) in [5, 5.41) is 6.28. The predicted molar refractivity (Wildman–Crippen MR) is 162 cm³/mol. The van der Waals surface area contributed by atoms with Crippen LogP contribution in [0, 0.1) is 0 Å².